The number of carbonyl (C=O) groups is 2. The number of aromatic nitrogens is 1. The summed E-state index contributed by atoms with van der Waals surface area (Å²) in [4.78, 5) is 31.8. The van der Waals surface area contributed by atoms with Crippen LogP contribution in [0.1, 0.15) is 21.5 Å². The lowest BCUT2D eigenvalue weighted by Crippen LogP contribution is -2.45. The summed E-state index contributed by atoms with van der Waals surface area (Å²) in [6, 6.07) is 16.6. The number of fused-ring (bicyclic) bond motifs is 1. The van der Waals surface area contributed by atoms with Crippen LogP contribution in [0, 0.1) is 0 Å². The number of nitrogens with one attached hydrogen (secondary N) is 1. The van der Waals surface area contributed by atoms with Crippen LogP contribution in [-0.4, -0.2) is 27.7 Å². The fourth-order valence-electron chi connectivity index (χ4n) is 3.21. The smallest absolute Gasteiger partial charge is 0.255 e. The minimum Gasteiger partial charge on any atom is -0.322 e. The highest BCUT2D eigenvalue weighted by molar-refractivity contribution is 9.10. The summed E-state index contributed by atoms with van der Waals surface area (Å²) < 4.78 is 0.673. The fourth-order valence-corrected chi connectivity index (χ4v) is 4.36. The summed E-state index contributed by atoms with van der Waals surface area (Å²) in [5.41, 5.74) is 2.62. The third-order valence-electron chi connectivity index (χ3n) is 4.51. The minimum atomic E-state index is -0.616. The van der Waals surface area contributed by atoms with Crippen LogP contribution in [0.3, 0.4) is 0 Å². The van der Waals surface area contributed by atoms with Crippen molar-refractivity contribution in [3.8, 4) is 0 Å². The monoisotopic (exact) mass is 441 g/mol. The Balaban J connectivity index is 1.62. The van der Waals surface area contributed by atoms with Crippen LogP contribution in [0.15, 0.2) is 64.6 Å². The highest BCUT2D eigenvalue weighted by atomic mass is 79.9. The van der Waals surface area contributed by atoms with E-state index in [1.54, 1.807) is 10.3 Å². The van der Waals surface area contributed by atoms with Gasteiger partial charge in [-0.3, -0.25) is 9.59 Å². The molecule has 0 radical (unpaired) electrons. The SMILES string of the molecule is O=C(Nc1nc(Br)cs1)[C@@H](Cc1ccccc1)N1Cc2ccccc2C1=O. The zero-order valence-corrected chi connectivity index (χ0v) is 16.7. The lowest BCUT2D eigenvalue weighted by molar-refractivity contribution is -0.120. The molecule has 1 aliphatic rings. The third-order valence-corrected chi connectivity index (χ3v) is 5.97. The van der Waals surface area contributed by atoms with Crippen molar-refractivity contribution in [2.75, 3.05) is 5.32 Å². The maximum Gasteiger partial charge on any atom is 0.255 e. The van der Waals surface area contributed by atoms with Crippen molar-refractivity contribution in [1.82, 2.24) is 9.88 Å². The van der Waals surface area contributed by atoms with Crippen LogP contribution in [0.2, 0.25) is 0 Å². The second kappa shape index (κ2) is 7.62. The molecule has 136 valence electrons. The second-order valence-electron chi connectivity index (χ2n) is 6.26. The second-order valence-corrected chi connectivity index (χ2v) is 7.93. The van der Waals surface area contributed by atoms with Crippen molar-refractivity contribution in [2.24, 2.45) is 0 Å². The molecule has 2 amide bonds. The number of amides is 2. The van der Waals surface area contributed by atoms with Gasteiger partial charge in [-0.05, 0) is 33.1 Å². The summed E-state index contributed by atoms with van der Waals surface area (Å²) in [6.07, 6.45) is 0.443. The number of halogens is 1. The van der Waals surface area contributed by atoms with Crippen molar-refractivity contribution in [3.05, 3.63) is 81.3 Å². The van der Waals surface area contributed by atoms with Gasteiger partial charge in [0.1, 0.15) is 10.6 Å². The lowest BCUT2D eigenvalue weighted by Gasteiger charge is -2.26. The number of benzene rings is 2. The molecule has 5 nitrogen and oxygen atoms in total. The summed E-state index contributed by atoms with van der Waals surface area (Å²) in [6.45, 7) is 0.432. The van der Waals surface area contributed by atoms with E-state index in [9.17, 15) is 9.59 Å². The number of anilines is 1. The fraction of sp³-hybridized carbons (Fsp3) is 0.150. The Morgan fingerprint density at radius 1 is 1.19 bits per heavy atom. The van der Waals surface area contributed by atoms with Crippen LogP contribution in [-0.2, 0) is 17.8 Å². The molecule has 27 heavy (non-hydrogen) atoms. The minimum absolute atomic E-state index is 0.109. The van der Waals surface area contributed by atoms with Crippen molar-refractivity contribution in [2.45, 2.75) is 19.0 Å². The van der Waals surface area contributed by atoms with Gasteiger partial charge >= 0.3 is 0 Å². The van der Waals surface area contributed by atoms with E-state index in [2.05, 4.69) is 26.2 Å². The van der Waals surface area contributed by atoms with Crippen LogP contribution in [0.25, 0.3) is 0 Å². The molecule has 3 aromatic rings. The van der Waals surface area contributed by atoms with E-state index in [0.717, 1.165) is 11.1 Å². The number of carbonyl (C=O) groups excluding carboxylic acids is 2. The van der Waals surface area contributed by atoms with E-state index < -0.39 is 6.04 Å². The van der Waals surface area contributed by atoms with Gasteiger partial charge in [0, 0.05) is 23.9 Å². The molecule has 0 saturated carbocycles. The van der Waals surface area contributed by atoms with Gasteiger partial charge in [0.25, 0.3) is 5.91 Å². The topological polar surface area (TPSA) is 62.3 Å². The summed E-state index contributed by atoms with van der Waals surface area (Å²) in [5.74, 6) is -0.344. The van der Waals surface area contributed by atoms with Crippen LogP contribution in [0.4, 0.5) is 5.13 Å². The maximum absolute atomic E-state index is 13.1. The molecular formula is C20H16BrN3O2S. The highest BCUT2D eigenvalue weighted by Gasteiger charge is 2.36. The Bertz CT molecular complexity index is 990. The van der Waals surface area contributed by atoms with E-state index in [1.165, 1.54) is 11.3 Å². The molecule has 0 bridgehead atoms. The molecule has 0 aliphatic carbocycles. The molecule has 1 atom stereocenters. The van der Waals surface area contributed by atoms with Crippen molar-refractivity contribution >= 4 is 44.2 Å². The quantitative estimate of drug-likeness (QED) is 0.647. The Hall–Kier alpha value is -2.51. The molecule has 2 heterocycles. The molecule has 2 aromatic carbocycles. The molecule has 0 unspecified atom stereocenters. The molecule has 7 heteroatoms. The summed E-state index contributed by atoms with van der Waals surface area (Å²) >= 11 is 4.63. The predicted molar refractivity (Wildman–Crippen MR) is 109 cm³/mol. The molecule has 1 aliphatic heterocycles. The standard InChI is InChI=1S/C20H16BrN3O2S/c21-17-12-27-20(22-17)23-18(25)16(10-13-6-2-1-3-7-13)24-11-14-8-4-5-9-15(14)19(24)26/h1-9,12,16H,10-11H2,(H,22,23,25)/t16-/m1/s1. The molecular weight excluding hydrogens is 426 g/mol. The molecule has 4 rings (SSSR count). The summed E-state index contributed by atoms with van der Waals surface area (Å²) in [7, 11) is 0. The largest absolute Gasteiger partial charge is 0.322 e. The highest BCUT2D eigenvalue weighted by Crippen LogP contribution is 2.27. The first kappa shape index (κ1) is 17.9. The lowest BCUT2D eigenvalue weighted by atomic mass is 10.0. The molecule has 0 fully saturated rings. The van der Waals surface area contributed by atoms with Gasteiger partial charge in [0.2, 0.25) is 5.91 Å². The van der Waals surface area contributed by atoms with Crippen molar-refractivity contribution < 1.29 is 9.59 Å². The molecule has 1 N–H and O–H groups in total. The Labute approximate surface area is 169 Å². The van der Waals surface area contributed by atoms with E-state index in [0.29, 0.717) is 28.3 Å². The zero-order chi connectivity index (χ0) is 18.8. The van der Waals surface area contributed by atoms with Crippen LogP contribution >= 0.6 is 27.3 Å². The summed E-state index contributed by atoms with van der Waals surface area (Å²) in [5, 5.41) is 5.16. The first-order valence-electron chi connectivity index (χ1n) is 8.46. The molecule has 0 saturated heterocycles. The van der Waals surface area contributed by atoms with Gasteiger partial charge in [-0.15, -0.1) is 11.3 Å². The van der Waals surface area contributed by atoms with Crippen LogP contribution < -0.4 is 5.32 Å². The van der Waals surface area contributed by atoms with E-state index in [4.69, 9.17) is 0 Å². The molecule has 0 spiro atoms. The maximum atomic E-state index is 13.1. The molecule has 1 aromatic heterocycles. The Morgan fingerprint density at radius 2 is 1.93 bits per heavy atom. The van der Waals surface area contributed by atoms with Gasteiger partial charge in [0.05, 0.1) is 0 Å². The first-order chi connectivity index (χ1) is 13.1. The Morgan fingerprint density at radius 3 is 2.63 bits per heavy atom. The number of thiazole rings is 1. The van der Waals surface area contributed by atoms with E-state index >= 15 is 0 Å². The van der Waals surface area contributed by atoms with Crippen molar-refractivity contribution in [1.29, 1.82) is 0 Å². The third kappa shape index (κ3) is 3.79. The average Bonchev–Trinajstić information content (AvgIpc) is 3.24. The van der Waals surface area contributed by atoms with Gasteiger partial charge < -0.3 is 10.2 Å². The van der Waals surface area contributed by atoms with E-state index in [-0.39, 0.29) is 11.8 Å². The van der Waals surface area contributed by atoms with Gasteiger partial charge in [-0.2, -0.15) is 0 Å². The number of hydrogen-bond donors (Lipinski definition) is 1. The number of rotatable bonds is 5. The average molecular weight is 442 g/mol. The van der Waals surface area contributed by atoms with Gasteiger partial charge in [-0.1, -0.05) is 48.5 Å². The first-order valence-corrected chi connectivity index (χ1v) is 10.1. The van der Waals surface area contributed by atoms with Crippen molar-refractivity contribution in [3.63, 3.8) is 0 Å². The zero-order valence-electron chi connectivity index (χ0n) is 14.3. The number of hydrogen-bond acceptors (Lipinski definition) is 4. The normalized spacial score (nSPS) is 14.1. The van der Waals surface area contributed by atoms with Gasteiger partial charge in [0.15, 0.2) is 5.13 Å². The number of nitrogens with zero attached hydrogens (tertiary/aromatic N) is 2. The Kier molecular flexibility index (Phi) is 5.05. The van der Waals surface area contributed by atoms with E-state index in [1.807, 2.05) is 54.6 Å². The van der Waals surface area contributed by atoms with Gasteiger partial charge in [-0.25, -0.2) is 4.98 Å². The predicted octanol–water partition coefficient (Wildman–Crippen LogP) is 4.11. The van der Waals surface area contributed by atoms with Crippen LogP contribution in [0.5, 0.6) is 0 Å².